The topological polar surface area (TPSA) is 37.8 Å². The minimum atomic E-state index is -4.63. The Hall–Kier alpha value is -1.98. The fourth-order valence-corrected chi connectivity index (χ4v) is 1.45. The molecular formula is C10H7F3N2O. The molecule has 0 aliphatic carbocycles. The molecule has 84 valence electrons. The van der Waals surface area contributed by atoms with Gasteiger partial charge in [-0.25, -0.2) is 4.79 Å². The molecular weight excluding hydrogens is 221 g/mol. The number of imidazole rings is 1. The van der Waals surface area contributed by atoms with Crippen molar-refractivity contribution in [3.63, 3.8) is 0 Å². The predicted molar refractivity (Wildman–Crippen MR) is 53.9 cm³/mol. The van der Waals surface area contributed by atoms with Crippen LogP contribution in [0.15, 0.2) is 35.6 Å². The second-order valence-electron chi connectivity index (χ2n) is 3.23. The van der Waals surface area contributed by atoms with Gasteiger partial charge >= 0.3 is 11.9 Å². The molecule has 1 aromatic carbocycles. The summed E-state index contributed by atoms with van der Waals surface area (Å²) in [6, 6.07) is 6.12. The summed E-state index contributed by atoms with van der Waals surface area (Å²) in [5.74, 6) is 0. The minimum absolute atomic E-state index is 0.162. The van der Waals surface area contributed by atoms with Crippen LogP contribution < -0.4 is 5.69 Å². The van der Waals surface area contributed by atoms with Crippen LogP contribution in [0.2, 0.25) is 0 Å². The van der Waals surface area contributed by atoms with Crippen LogP contribution in [-0.4, -0.2) is 15.7 Å². The summed E-state index contributed by atoms with van der Waals surface area (Å²) in [5.41, 5.74) is -1.54. The molecule has 1 heterocycles. The zero-order chi connectivity index (χ0) is 11.9. The third-order valence-corrected chi connectivity index (χ3v) is 2.19. The quantitative estimate of drug-likeness (QED) is 0.799. The molecule has 2 aromatic rings. The molecule has 1 aromatic heterocycles. The van der Waals surface area contributed by atoms with Gasteiger partial charge in [0, 0.05) is 0 Å². The third kappa shape index (κ3) is 1.52. The van der Waals surface area contributed by atoms with Crippen molar-refractivity contribution in [1.29, 1.82) is 0 Å². The van der Waals surface area contributed by atoms with E-state index in [-0.39, 0.29) is 5.52 Å². The van der Waals surface area contributed by atoms with Crippen LogP contribution in [0.3, 0.4) is 0 Å². The Balaban J connectivity index is 2.74. The van der Waals surface area contributed by atoms with Gasteiger partial charge in [-0.3, -0.25) is 4.57 Å². The summed E-state index contributed by atoms with van der Waals surface area (Å²) in [4.78, 5) is 13.7. The predicted octanol–water partition coefficient (Wildman–Crippen LogP) is 2.36. The van der Waals surface area contributed by atoms with Crippen molar-refractivity contribution < 1.29 is 13.2 Å². The van der Waals surface area contributed by atoms with Crippen molar-refractivity contribution >= 4 is 16.7 Å². The number of allylic oxidation sites excluding steroid dienone is 1. The molecule has 0 saturated heterocycles. The van der Waals surface area contributed by atoms with Gasteiger partial charge in [-0.1, -0.05) is 18.7 Å². The van der Waals surface area contributed by atoms with Gasteiger partial charge < -0.3 is 4.98 Å². The number of para-hydroxylation sites is 2. The Morgan fingerprint density at radius 2 is 1.94 bits per heavy atom. The van der Waals surface area contributed by atoms with E-state index in [4.69, 9.17) is 0 Å². The summed E-state index contributed by atoms with van der Waals surface area (Å²) in [7, 11) is 0. The number of hydrogen-bond donors (Lipinski definition) is 1. The molecule has 0 bridgehead atoms. The molecule has 0 saturated carbocycles. The molecule has 6 heteroatoms. The van der Waals surface area contributed by atoms with E-state index in [1.54, 1.807) is 12.1 Å². The van der Waals surface area contributed by atoms with Gasteiger partial charge in [0.15, 0.2) is 0 Å². The van der Waals surface area contributed by atoms with E-state index in [1.807, 2.05) is 0 Å². The lowest BCUT2D eigenvalue weighted by Gasteiger charge is -2.10. The van der Waals surface area contributed by atoms with Gasteiger partial charge in [0.1, 0.15) is 5.70 Å². The summed E-state index contributed by atoms with van der Waals surface area (Å²) in [6.07, 6.45) is -4.63. The number of nitrogens with zero attached hydrogens (tertiary/aromatic N) is 1. The van der Waals surface area contributed by atoms with Crippen LogP contribution in [0.4, 0.5) is 13.2 Å². The van der Waals surface area contributed by atoms with Crippen molar-refractivity contribution in [2.45, 2.75) is 6.18 Å². The lowest BCUT2D eigenvalue weighted by Crippen LogP contribution is -2.24. The minimum Gasteiger partial charge on any atom is -0.305 e. The first-order valence-electron chi connectivity index (χ1n) is 4.37. The van der Waals surface area contributed by atoms with Crippen molar-refractivity contribution in [3.8, 4) is 0 Å². The van der Waals surface area contributed by atoms with Crippen molar-refractivity contribution in [2.75, 3.05) is 0 Å². The fraction of sp³-hybridized carbons (Fsp3) is 0.100. The molecule has 0 atom stereocenters. The molecule has 0 aliphatic heterocycles. The Bertz CT molecular complexity index is 606. The fourth-order valence-electron chi connectivity index (χ4n) is 1.45. The largest absolute Gasteiger partial charge is 0.431 e. The average Bonchev–Trinajstić information content (AvgIpc) is 2.51. The molecule has 0 aliphatic rings. The SMILES string of the molecule is C=C(n1c(=O)[nH]c2ccccc21)C(F)(F)F. The zero-order valence-electron chi connectivity index (χ0n) is 8.01. The molecule has 0 radical (unpaired) electrons. The third-order valence-electron chi connectivity index (χ3n) is 2.19. The van der Waals surface area contributed by atoms with Crippen molar-refractivity contribution in [2.24, 2.45) is 0 Å². The van der Waals surface area contributed by atoms with Crippen LogP contribution >= 0.6 is 0 Å². The Morgan fingerprint density at radius 3 is 2.56 bits per heavy atom. The molecule has 16 heavy (non-hydrogen) atoms. The van der Waals surface area contributed by atoms with Gasteiger partial charge in [0.25, 0.3) is 0 Å². The van der Waals surface area contributed by atoms with Crippen LogP contribution in [0.5, 0.6) is 0 Å². The lowest BCUT2D eigenvalue weighted by atomic mass is 10.3. The maximum absolute atomic E-state index is 12.4. The van der Waals surface area contributed by atoms with Gasteiger partial charge in [-0.2, -0.15) is 13.2 Å². The highest BCUT2D eigenvalue weighted by molar-refractivity contribution is 5.79. The van der Waals surface area contributed by atoms with E-state index in [1.165, 1.54) is 12.1 Å². The number of rotatable bonds is 1. The van der Waals surface area contributed by atoms with Gasteiger partial charge in [0.05, 0.1) is 11.0 Å². The standard InChI is InChI=1S/C10H7F3N2O/c1-6(10(11,12)13)15-8-5-3-2-4-7(8)14-9(15)16/h2-5H,1H2,(H,14,16). The highest BCUT2D eigenvalue weighted by atomic mass is 19.4. The zero-order valence-corrected chi connectivity index (χ0v) is 8.01. The van der Waals surface area contributed by atoms with E-state index in [0.29, 0.717) is 10.1 Å². The molecule has 0 amide bonds. The van der Waals surface area contributed by atoms with E-state index in [9.17, 15) is 18.0 Å². The maximum atomic E-state index is 12.4. The second-order valence-corrected chi connectivity index (χ2v) is 3.23. The van der Waals surface area contributed by atoms with Crippen LogP contribution in [-0.2, 0) is 0 Å². The van der Waals surface area contributed by atoms with Gasteiger partial charge in [0.2, 0.25) is 0 Å². The summed E-state index contributed by atoms with van der Waals surface area (Å²) < 4.78 is 37.9. The van der Waals surface area contributed by atoms with Crippen LogP contribution in [0, 0.1) is 0 Å². The number of aromatic amines is 1. The second kappa shape index (κ2) is 3.26. The normalized spacial score (nSPS) is 11.9. The van der Waals surface area contributed by atoms with Crippen LogP contribution in [0.25, 0.3) is 16.7 Å². The number of nitrogens with one attached hydrogen (secondary N) is 1. The van der Waals surface area contributed by atoms with Crippen LogP contribution in [0.1, 0.15) is 0 Å². The highest BCUT2D eigenvalue weighted by Crippen LogP contribution is 2.28. The molecule has 1 N–H and O–H groups in total. The number of hydrogen-bond acceptors (Lipinski definition) is 1. The maximum Gasteiger partial charge on any atom is 0.431 e. The molecule has 0 fully saturated rings. The molecule has 2 rings (SSSR count). The Kier molecular flexibility index (Phi) is 2.15. The van der Waals surface area contributed by atoms with Crippen molar-refractivity contribution in [1.82, 2.24) is 9.55 Å². The highest BCUT2D eigenvalue weighted by Gasteiger charge is 2.35. The summed E-state index contributed by atoms with van der Waals surface area (Å²) in [6.45, 7) is 2.90. The molecule has 0 unspecified atom stereocenters. The Labute approximate surface area is 87.8 Å². The van der Waals surface area contributed by atoms with E-state index < -0.39 is 17.6 Å². The summed E-state index contributed by atoms with van der Waals surface area (Å²) in [5, 5.41) is 0. The smallest absolute Gasteiger partial charge is 0.305 e. The number of alkyl halides is 3. The van der Waals surface area contributed by atoms with E-state index in [0.717, 1.165) is 0 Å². The first-order valence-corrected chi connectivity index (χ1v) is 4.37. The van der Waals surface area contributed by atoms with Gasteiger partial charge in [-0.05, 0) is 12.1 Å². The number of aromatic nitrogens is 2. The first kappa shape index (κ1) is 10.5. The summed E-state index contributed by atoms with van der Waals surface area (Å²) >= 11 is 0. The number of fused-ring (bicyclic) bond motifs is 1. The average molecular weight is 228 g/mol. The number of H-pyrrole nitrogens is 1. The van der Waals surface area contributed by atoms with Crippen molar-refractivity contribution in [3.05, 3.63) is 41.3 Å². The first-order chi connectivity index (χ1) is 7.41. The monoisotopic (exact) mass is 228 g/mol. The van der Waals surface area contributed by atoms with E-state index in [2.05, 4.69) is 11.6 Å². The molecule has 0 spiro atoms. The lowest BCUT2D eigenvalue weighted by molar-refractivity contribution is -0.0733. The number of benzene rings is 1. The van der Waals surface area contributed by atoms with Gasteiger partial charge in [-0.15, -0.1) is 0 Å². The number of halogens is 3. The Morgan fingerprint density at radius 1 is 1.31 bits per heavy atom. The molecule has 3 nitrogen and oxygen atoms in total. The van der Waals surface area contributed by atoms with E-state index >= 15 is 0 Å².